The summed E-state index contributed by atoms with van der Waals surface area (Å²) < 4.78 is 4.50. The third-order valence-corrected chi connectivity index (χ3v) is 2.00. The zero-order valence-electron chi connectivity index (χ0n) is 7.60. The molecule has 6 nitrogen and oxygen atoms in total. The van der Waals surface area contributed by atoms with Crippen molar-refractivity contribution in [3.63, 3.8) is 0 Å². The van der Waals surface area contributed by atoms with Gasteiger partial charge in [-0.3, -0.25) is 0 Å². The summed E-state index contributed by atoms with van der Waals surface area (Å²) in [5.74, 6) is -2.82. The van der Waals surface area contributed by atoms with Crippen LogP contribution in [0.5, 0.6) is 0 Å². The van der Waals surface area contributed by atoms with Crippen LogP contribution in [0.2, 0.25) is 0 Å². The molecular formula is C7H10O6Zn+2. The van der Waals surface area contributed by atoms with E-state index < -0.39 is 35.8 Å². The van der Waals surface area contributed by atoms with Crippen LogP contribution in [0.25, 0.3) is 0 Å². The SMILES string of the molecule is C[C@]1([C@@H](O)CO)OC(=O)C(O)=C1O.[Zn+2]. The Bertz CT molecular complexity index is 275. The summed E-state index contributed by atoms with van der Waals surface area (Å²) >= 11 is 0. The monoisotopic (exact) mass is 254 g/mol. The van der Waals surface area contributed by atoms with Crippen molar-refractivity contribution >= 4 is 5.97 Å². The van der Waals surface area contributed by atoms with Gasteiger partial charge in [-0.25, -0.2) is 4.79 Å². The Kier molecular flexibility index (Phi) is 4.05. The summed E-state index contributed by atoms with van der Waals surface area (Å²) in [6.07, 6.45) is -1.47. The average Bonchev–Trinajstić information content (AvgIpc) is 2.30. The molecule has 0 radical (unpaired) electrons. The molecule has 4 N–H and O–H groups in total. The number of rotatable bonds is 2. The van der Waals surface area contributed by atoms with E-state index in [-0.39, 0.29) is 19.5 Å². The zero-order chi connectivity index (χ0) is 10.2. The molecule has 0 aliphatic carbocycles. The number of carbonyl (C=O) groups is 1. The summed E-state index contributed by atoms with van der Waals surface area (Å²) in [6.45, 7) is 0.492. The molecule has 0 aromatic heterocycles. The van der Waals surface area contributed by atoms with Crippen molar-refractivity contribution in [3.8, 4) is 0 Å². The quantitative estimate of drug-likeness (QED) is 0.372. The van der Waals surface area contributed by atoms with Crippen LogP contribution in [0, 0.1) is 0 Å². The third kappa shape index (κ3) is 1.75. The molecule has 1 aliphatic heterocycles. The van der Waals surface area contributed by atoms with Gasteiger partial charge in [-0.05, 0) is 6.92 Å². The Hall–Kier alpha value is -0.647. The topological polar surface area (TPSA) is 107 Å². The van der Waals surface area contributed by atoms with Crippen molar-refractivity contribution in [1.82, 2.24) is 0 Å². The first kappa shape index (κ1) is 13.4. The maximum absolute atomic E-state index is 10.7. The second-order valence-corrected chi connectivity index (χ2v) is 2.89. The van der Waals surface area contributed by atoms with Gasteiger partial charge < -0.3 is 25.2 Å². The predicted octanol–water partition coefficient (Wildman–Crippen LogP) is -1.02. The molecule has 0 spiro atoms. The van der Waals surface area contributed by atoms with Crippen LogP contribution in [0.15, 0.2) is 11.5 Å². The fourth-order valence-electron chi connectivity index (χ4n) is 1.02. The van der Waals surface area contributed by atoms with Gasteiger partial charge in [-0.15, -0.1) is 0 Å². The van der Waals surface area contributed by atoms with E-state index in [4.69, 9.17) is 10.2 Å². The number of esters is 1. The van der Waals surface area contributed by atoms with Crippen molar-refractivity contribution < 1.29 is 49.4 Å². The van der Waals surface area contributed by atoms with E-state index in [0.29, 0.717) is 0 Å². The minimum Gasteiger partial charge on any atom is -0.505 e. The molecule has 1 rings (SSSR count). The van der Waals surface area contributed by atoms with Crippen LogP contribution in [0.3, 0.4) is 0 Å². The smallest absolute Gasteiger partial charge is 0.505 e. The second-order valence-electron chi connectivity index (χ2n) is 2.89. The van der Waals surface area contributed by atoms with E-state index in [2.05, 4.69) is 4.74 Å². The molecular weight excluding hydrogens is 245 g/mol. The number of ether oxygens (including phenoxy) is 1. The normalized spacial score (nSPS) is 28.4. The fraction of sp³-hybridized carbons (Fsp3) is 0.571. The van der Waals surface area contributed by atoms with Gasteiger partial charge in [0, 0.05) is 0 Å². The summed E-state index contributed by atoms with van der Waals surface area (Å²) in [5, 5.41) is 35.9. The van der Waals surface area contributed by atoms with E-state index in [0.717, 1.165) is 0 Å². The van der Waals surface area contributed by atoms with Crippen molar-refractivity contribution in [2.75, 3.05) is 6.61 Å². The van der Waals surface area contributed by atoms with Gasteiger partial charge in [-0.1, -0.05) is 0 Å². The van der Waals surface area contributed by atoms with Crippen LogP contribution in [-0.2, 0) is 29.0 Å². The Morgan fingerprint density at radius 3 is 2.29 bits per heavy atom. The van der Waals surface area contributed by atoms with Gasteiger partial charge in [0.2, 0.25) is 5.76 Å². The van der Waals surface area contributed by atoms with Crippen LogP contribution < -0.4 is 0 Å². The van der Waals surface area contributed by atoms with Crippen LogP contribution in [-0.4, -0.2) is 44.7 Å². The van der Waals surface area contributed by atoms with Gasteiger partial charge in [0.15, 0.2) is 11.4 Å². The van der Waals surface area contributed by atoms with Crippen LogP contribution in [0.4, 0.5) is 0 Å². The molecule has 0 saturated heterocycles. The van der Waals surface area contributed by atoms with Gasteiger partial charge in [0.05, 0.1) is 6.61 Å². The third-order valence-electron chi connectivity index (χ3n) is 2.00. The minimum atomic E-state index is -1.75. The molecule has 1 heterocycles. The molecule has 0 amide bonds. The molecule has 0 bridgehead atoms. The van der Waals surface area contributed by atoms with E-state index in [1.54, 1.807) is 0 Å². The average molecular weight is 256 g/mol. The van der Waals surface area contributed by atoms with Crippen molar-refractivity contribution in [3.05, 3.63) is 11.5 Å². The summed E-state index contributed by atoms with van der Waals surface area (Å²) in [5.41, 5.74) is -1.75. The summed E-state index contributed by atoms with van der Waals surface area (Å²) in [7, 11) is 0. The Morgan fingerprint density at radius 2 is 2.00 bits per heavy atom. The maximum atomic E-state index is 10.7. The fourth-order valence-corrected chi connectivity index (χ4v) is 1.02. The van der Waals surface area contributed by atoms with E-state index in [1.165, 1.54) is 6.92 Å². The van der Waals surface area contributed by atoms with E-state index in [9.17, 15) is 15.0 Å². The molecule has 7 heteroatoms. The summed E-state index contributed by atoms with van der Waals surface area (Å²) in [4.78, 5) is 10.7. The number of hydrogen-bond donors (Lipinski definition) is 4. The largest absolute Gasteiger partial charge is 2.00 e. The van der Waals surface area contributed by atoms with Gasteiger partial charge in [-0.2, -0.15) is 0 Å². The first-order valence-electron chi connectivity index (χ1n) is 3.58. The number of carbonyl (C=O) groups excluding carboxylic acids is 1. The molecule has 0 aromatic carbocycles. The van der Waals surface area contributed by atoms with Crippen molar-refractivity contribution in [2.45, 2.75) is 18.6 Å². The number of hydrogen-bond acceptors (Lipinski definition) is 6. The predicted molar refractivity (Wildman–Crippen MR) is 39.9 cm³/mol. The maximum Gasteiger partial charge on any atom is 2.00 e. The molecule has 0 unspecified atom stereocenters. The first-order valence-corrected chi connectivity index (χ1v) is 3.58. The Labute approximate surface area is 92.6 Å². The number of cyclic esters (lactones) is 1. The first-order chi connectivity index (χ1) is 5.93. The Balaban J connectivity index is 0.00000169. The van der Waals surface area contributed by atoms with Crippen LogP contribution >= 0.6 is 0 Å². The van der Waals surface area contributed by atoms with Crippen molar-refractivity contribution in [1.29, 1.82) is 0 Å². The second kappa shape index (κ2) is 4.25. The number of aliphatic hydroxyl groups excluding tert-OH is 4. The molecule has 0 aromatic rings. The van der Waals surface area contributed by atoms with Gasteiger partial charge >= 0.3 is 25.4 Å². The van der Waals surface area contributed by atoms with Crippen LogP contribution in [0.1, 0.15) is 6.92 Å². The standard InChI is InChI=1S/C7H10O6.Zn/c1-7(3(9)2-8)5(11)4(10)6(12)13-7;/h3,8-11H,2H2,1H3;/q;+2/t3-,7+;/m0./s1. The molecule has 0 saturated carbocycles. The molecule has 2 atom stereocenters. The van der Waals surface area contributed by atoms with Crippen molar-refractivity contribution in [2.24, 2.45) is 0 Å². The van der Waals surface area contributed by atoms with Gasteiger partial charge in [0.25, 0.3) is 0 Å². The molecule has 0 fully saturated rings. The summed E-state index contributed by atoms with van der Waals surface area (Å²) in [6, 6.07) is 0. The molecule has 14 heavy (non-hydrogen) atoms. The van der Waals surface area contributed by atoms with E-state index in [1.807, 2.05) is 0 Å². The molecule has 74 valence electrons. The minimum absolute atomic E-state index is 0. The van der Waals surface area contributed by atoms with Gasteiger partial charge in [0.1, 0.15) is 6.10 Å². The number of aliphatic hydroxyl groups is 4. The Morgan fingerprint density at radius 1 is 1.50 bits per heavy atom. The zero-order valence-corrected chi connectivity index (χ0v) is 10.6. The van der Waals surface area contributed by atoms with E-state index >= 15 is 0 Å². The molecule has 1 aliphatic rings.